The van der Waals surface area contributed by atoms with Gasteiger partial charge in [-0.2, -0.15) is 5.10 Å². The molecule has 0 aliphatic carbocycles. The number of carbonyl (C=O) groups excluding carboxylic acids is 1. The first-order valence-corrected chi connectivity index (χ1v) is 12.2. The van der Waals surface area contributed by atoms with Gasteiger partial charge in [-0.05, 0) is 78.7 Å². The van der Waals surface area contributed by atoms with Crippen LogP contribution in [-0.2, 0) is 6.54 Å². The molecule has 1 aliphatic heterocycles. The van der Waals surface area contributed by atoms with Gasteiger partial charge in [0.2, 0.25) is 0 Å². The van der Waals surface area contributed by atoms with Crippen LogP contribution in [0.1, 0.15) is 67.3 Å². The van der Waals surface area contributed by atoms with Gasteiger partial charge in [-0.1, -0.05) is 32.9 Å². The van der Waals surface area contributed by atoms with E-state index in [1.165, 1.54) is 0 Å². The number of rotatable bonds is 7. The van der Waals surface area contributed by atoms with Gasteiger partial charge in [0.1, 0.15) is 5.67 Å². The van der Waals surface area contributed by atoms with E-state index in [1.807, 2.05) is 36.7 Å². The molecule has 1 aliphatic rings. The average molecular weight is 507 g/mol. The fourth-order valence-electron chi connectivity index (χ4n) is 4.00. The van der Waals surface area contributed by atoms with Gasteiger partial charge in [0.25, 0.3) is 5.91 Å². The highest BCUT2D eigenvalue weighted by molar-refractivity contribution is 9.10. The van der Waals surface area contributed by atoms with E-state index in [2.05, 4.69) is 52.0 Å². The van der Waals surface area contributed by atoms with Gasteiger partial charge < -0.3 is 10.2 Å². The highest BCUT2D eigenvalue weighted by Crippen LogP contribution is 2.28. The van der Waals surface area contributed by atoms with Gasteiger partial charge in [0.15, 0.2) is 0 Å². The van der Waals surface area contributed by atoms with Crippen molar-refractivity contribution >= 4 is 21.8 Å². The number of piperidine rings is 1. The Labute approximate surface area is 199 Å². The summed E-state index contributed by atoms with van der Waals surface area (Å²) in [5, 5.41) is 7.37. The Morgan fingerprint density at radius 3 is 2.53 bits per heavy atom. The lowest BCUT2D eigenvalue weighted by atomic mass is 9.90. The normalized spacial score (nSPS) is 16.8. The zero-order valence-corrected chi connectivity index (χ0v) is 21.6. The number of nitrogens with zero attached hydrogens (tertiary/aromatic N) is 3. The summed E-state index contributed by atoms with van der Waals surface area (Å²) in [6.07, 6.45) is 2.03. The van der Waals surface area contributed by atoms with E-state index in [0.29, 0.717) is 24.9 Å². The molecule has 1 fully saturated rings. The van der Waals surface area contributed by atoms with Crippen molar-refractivity contribution in [2.45, 2.75) is 66.1 Å². The molecule has 0 bridgehead atoms. The summed E-state index contributed by atoms with van der Waals surface area (Å²) < 4.78 is 18.2. The van der Waals surface area contributed by atoms with Crippen LogP contribution in [0.3, 0.4) is 0 Å². The summed E-state index contributed by atoms with van der Waals surface area (Å²) in [7, 11) is 0. The number of halogens is 2. The molecule has 1 saturated heterocycles. The molecule has 5 nitrogen and oxygen atoms in total. The summed E-state index contributed by atoms with van der Waals surface area (Å²) in [5.74, 6) is -0.228. The van der Waals surface area contributed by atoms with E-state index in [0.717, 1.165) is 47.5 Å². The zero-order chi connectivity index (χ0) is 23.5. The molecule has 0 atom stereocenters. The number of carbonyl (C=O) groups is 1. The van der Waals surface area contributed by atoms with Crippen molar-refractivity contribution in [3.63, 3.8) is 0 Å². The molecule has 3 rings (SSSR count). The van der Waals surface area contributed by atoms with Crippen LogP contribution in [0, 0.1) is 19.3 Å². The Morgan fingerprint density at radius 2 is 1.94 bits per heavy atom. The van der Waals surface area contributed by atoms with Gasteiger partial charge in [0.05, 0.1) is 29.0 Å². The highest BCUT2D eigenvalue weighted by atomic mass is 79.9. The number of hydrogen-bond acceptors (Lipinski definition) is 3. The van der Waals surface area contributed by atoms with Gasteiger partial charge >= 0.3 is 0 Å². The second-order valence-electron chi connectivity index (χ2n) is 10.3. The second kappa shape index (κ2) is 10.0. The van der Waals surface area contributed by atoms with Gasteiger partial charge in [0, 0.05) is 18.7 Å². The minimum absolute atomic E-state index is 0.0631. The van der Waals surface area contributed by atoms with Crippen molar-refractivity contribution in [3.8, 4) is 0 Å². The number of alkyl halides is 1. The third-order valence-corrected chi connectivity index (χ3v) is 7.46. The molecule has 176 valence electrons. The Balaban J connectivity index is 1.53. The number of benzene rings is 1. The molecule has 1 aromatic heterocycles. The molecule has 1 N–H and O–H groups in total. The van der Waals surface area contributed by atoms with Crippen LogP contribution < -0.4 is 5.32 Å². The van der Waals surface area contributed by atoms with E-state index in [-0.39, 0.29) is 17.9 Å². The molecule has 1 aromatic carbocycles. The van der Waals surface area contributed by atoms with E-state index < -0.39 is 5.67 Å². The van der Waals surface area contributed by atoms with Crippen molar-refractivity contribution < 1.29 is 9.18 Å². The van der Waals surface area contributed by atoms with Gasteiger partial charge in [-0.3, -0.25) is 9.48 Å². The van der Waals surface area contributed by atoms with Crippen LogP contribution in [0.5, 0.6) is 0 Å². The molecule has 2 heterocycles. The molecule has 0 unspecified atom stereocenters. The third-order valence-electron chi connectivity index (χ3n) is 6.31. The molecule has 32 heavy (non-hydrogen) atoms. The van der Waals surface area contributed by atoms with Crippen molar-refractivity contribution in [2.24, 2.45) is 5.41 Å². The lowest BCUT2D eigenvalue weighted by molar-refractivity contribution is 0.0508. The minimum atomic E-state index is -1.33. The molecule has 0 radical (unpaired) electrons. The van der Waals surface area contributed by atoms with Crippen LogP contribution in [0.4, 0.5) is 4.39 Å². The summed E-state index contributed by atoms with van der Waals surface area (Å²) in [5.41, 5.74) is 2.48. The van der Waals surface area contributed by atoms with Crippen LogP contribution in [-0.4, -0.2) is 52.4 Å². The first kappa shape index (κ1) is 24.9. The fraction of sp³-hybridized carbons (Fsp3) is 0.600. The van der Waals surface area contributed by atoms with E-state index >= 15 is 4.39 Å². The molecular weight excluding hydrogens is 471 g/mol. The summed E-state index contributed by atoms with van der Waals surface area (Å²) in [4.78, 5) is 15.1. The Hall–Kier alpha value is -1.73. The predicted octanol–water partition coefficient (Wildman–Crippen LogP) is 5.28. The average Bonchev–Trinajstić information content (AvgIpc) is 2.98. The molecule has 1 amide bonds. The van der Waals surface area contributed by atoms with Crippen molar-refractivity contribution in [2.75, 3.05) is 26.2 Å². The molecule has 0 spiro atoms. The molecule has 2 aromatic rings. The van der Waals surface area contributed by atoms with Crippen molar-refractivity contribution in [1.29, 1.82) is 0 Å². The Bertz CT molecular complexity index is 942. The van der Waals surface area contributed by atoms with Crippen LogP contribution in [0.15, 0.2) is 28.7 Å². The topological polar surface area (TPSA) is 50.2 Å². The highest BCUT2D eigenvalue weighted by Gasteiger charge is 2.35. The predicted molar refractivity (Wildman–Crippen MR) is 131 cm³/mol. The van der Waals surface area contributed by atoms with Crippen LogP contribution in [0.25, 0.3) is 0 Å². The SMILES string of the molecule is Cc1nn(Cc2cccc(C(=O)NCC3(F)CCN(CCC(C)(C)C)CC3)c2)c(C)c1Br. The largest absolute Gasteiger partial charge is 0.349 e. The zero-order valence-electron chi connectivity index (χ0n) is 20.0. The third kappa shape index (κ3) is 6.64. The fourth-order valence-corrected chi connectivity index (χ4v) is 4.29. The lowest BCUT2D eigenvalue weighted by Crippen LogP contribution is -2.48. The van der Waals surface area contributed by atoms with Crippen LogP contribution in [0.2, 0.25) is 0 Å². The molecular formula is C25H36BrFN4O. The van der Waals surface area contributed by atoms with Crippen molar-refractivity contribution in [3.05, 3.63) is 51.3 Å². The Kier molecular flexibility index (Phi) is 7.81. The molecule has 0 saturated carbocycles. The Morgan fingerprint density at radius 1 is 1.25 bits per heavy atom. The van der Waals surface area contributed by atoms with E-state index in [1.54, 1.807) is 6.07 Å². The standard InChI is InChI=1S/C25H36BrFN4O/c1-18-22(26)19(2)31(29-18)16-20-7-6-8-21(15-20)23(32)28-17-25(27)10-13-30(14-11-25)12-9-24(3,4)5/h6-8,15H,9-14,16-17H2,1-5H3,(H,28,32). The number of aromatic nitrogens is 2. The van der Waals surface area contributed by atoms with Crippen LogP contribution >= 0.6 is 15.9 Å². The number of hydrogen-bond donors (Lipinski definition) is 1. The van der Waals surface area contributed by atoms with E-state index in [4.69, 9.17) is 0 Å². The van der Waals surface area contributed by atoms with Gasteiger partial charge in [-0.25, -0.2) is 4.39 Å². The number of nitrogens with one attached hydrogen (secondary N) is 1. The smallest absolute Gasteiger partial charge is 0.251 e. The first-order valence-electron chi connectivity index (χ1n) is 11.4. The number of aryl methyl sites for hydroxylation is 1. The quantitative estimate of drug-likeness (QED) is 0.555. The maximum absolute atomic E-state index is 15.3. The van der Waals surface area contributed by atoms with E-state index in [9.17, 15) is 4.79 Å². The molecule has 7 heteroatoms. The summed E-state index contributed by atoms with van der Waals surface area (Å²) >= 11 is 3.55. The number of likely N-dealkylation sites (tertiary alicyclic amines) is 1. The monoisotopic (exact) mass is 506 g/mol. The number of amides is 1. The maximum atomic E-state index is 15.3. The first-order chi connectivity index (χ1) is 15.0. The van der Waals surface area contributed by atoms with Crippen molar-refractivity contribution in [1.82, 2.24) is 20.0 Å². The minimum Gasteiger partial charge on any atom is -0.349 e. The summed E-state index contributed by atoms with van der Waals surface area (Å²) in [6.45, 7) is 13.8. The van der Waals surface area contributed by atoms with Gasteiger partial charge in [-0.15, -0.1) is 0 Å². The summed E-state index contributed by atoms with van der Waals surface area (Å²) in [6, 6.07) is 7.48. The lowest BCUT2D eigenvalue weighted by Gasteiger charge is -2.37. The maximum Gasteiger partial charge on any atom is 0.251 e. The second-order valence-corrected chi connectivity index (χ2v) is 11.1.